The number of nitro groups is 1. The maximum Gasteiger partial charge on any atom is 0.210 e. The van der Waals surface area contributed by atoms with Crippen LogP contribution in [0.1, 0.15) is 47.5 Å². The van der Waals surface area contributed by atoms with Crippen molar-refractivity contribution >= 4 is 0 Å². The van der Waals surface area contributed by atoms with Gasteiger partial charge in [0.25, 0.3) is 0 Å². The van der Waals surface area contributed by atoms with Gasteiger partial charge in [0.15, 0.2) is 0 Å². The van der Waals surface area contributed by atoms with Crippen molar-refractivity contribution in [3.8, 4) is 0 Å². The average molecular weight is 187 g/mol. The third kappa shape index (κ3) is 4.86. The van der Waals surface area contributed by atoms with Gasteiger partial charge >= 0.3 is 0 Å². The van der Waals surface area contributed by atoms with E-state index in [1.807, 2.05) is 0 Å². The van der Waals surface area contributed by atoms with E-state index in [2.05, 4.69) is 27.7 Å². The summed E-state index contributed by atoms with van der Waals surface area (Å²) in [7, 11) is 0. The summed E-state index contributed by atoms with van der Waals surface area (Å²) in [4.78, 5) is 10.2. The molecule has 3 nitrogen and oxygen atoms in total. The van der Waals surface area contributed by atoms with E-state index >= 15 is 0 Å². The molecule has 78 valence electrons. The molecule has 0 spiro atoms. The Morgan fingerprint density at radius 2 is 1.69 bits per heavy atom. The highest BCUT2D eigenvalue weighted by Crippen LogP contribution is 2.29. The van der Waals surface area contributed by atoms with E-state index in [-0.39, 0.29) is 10.3 Å². The van der Waals surface area contributed by atoms with Crippen LogP contribution in [0, 0.1) is 21.4 Å². The van der Waals surface area contributed by atoms with Crippen LogP contribution in [0.15, 0.2) is 0 Å². The molecule has 0 aromatic rings. The molecule has 0 saturated carbocycles. The summed E-state index contributed by atoms with van der Waals surface area (Å²) < 4.78 is 0. The van der Waals surface area contributed by atoms with Crippen molar-refractivity contribution in [3.63, 3.8) is 0 Å². The molecule has 0 bridgehead atoms. The van der Waals surface area contributed by atoms with Crippen LogP contribution in [0.5, 0.6) is 0 Å². The standard InChI is InChI=1S/C10H21NO2/c1-8(10(3,4)5)6-7-9(2)11(12)13/h8-9H,6-7H2,1-5H3. The van der Waals surface area contributed by atoms with Crippen LogP contribution in [-0.4, -0.2) is 11.0 Å². The quantitative estimate of drug-likeness (QED) is 0.501. The fourth-order valence-electron chi connectivity index (χ4n) is 1.03. The van der Waals surface area contributed by atoms with Crippen LogP contribution < -0.4 is 0 Å². The number of hydrogen-bond donors (Lipinski definition) is 0. The van der Waals surface area contributed by atoms with Gasteiger partial charge in [-0.1, -0.05) is 27.7 Å². The molecule has 0 amide bonds. The van der Waals surface area contributed by atoms with Crippen LogP contribution in [0.3, 0.4) is 0 Å². The molecular formula is C10H21NO2. The first kappa shape index (κ1) is 12.4. The van der Waals surface area contributed by atoms with Crippen molar-refractivity contribution in [3.05, 3.63) is 10.1 Å². The lowest BCUT2D eigenvalue weighted by molar-refractivity contribution is -0.519. The van der Waals surface area contributed by atoms with Crippen molar-refractivity contribution in [1.29, 1.82) is 0 Å². The molecule has 0 aliphatic heterocycles. The number of hydrogen-bond acceptors (Lipinski definition) is 2. The highest BCUT2D eigenvalue weighted by molar-refractivity contribution is 4.70. The highest BCUT2D eigenvalue weighted by atomic mass is 16.6. The van der Waals surface area contributed by atoms with Crippen LogP contribution in [0.25, 0.3) is 0 Å². The molecule has 2 atom stereocenters. The van der Waals surface area contributed by atoms with E-state index in [1.165, 1.54) is 0 Å². The molecule has 0 heterocycles. The maximum absolute atomic E-state index is 10.4. The Morgan fingerprint density at radius 3 is 2.00 bits per heavy atom. The summed E-state index contributed by atoms with van der Waals surface area (Å²) in [6.45, 7) is 10.4. The first-order valence-corrected chi connectivity index (χ1v) is 4.88. The molecule has 0 radical (unpaired) electrons. The molecule has 0 aliphatic carbocycles. The second kappa shape index (κ2) is 4.58. The normalized spacial score (nSPS) is 16.7. The lowest BCUT2D eigenvalue weighted by atomic mass is 9.79. The Labute approximate surface area is 80.7 Å². The van der Waals surface area contributed by atoms with Gasteiger partial charge in [-0.3, -0.25) is 10.1 Å². The number of nitrogens with zero attached hydrogens (tertiary/aromatic N) is 1. The molecule has 2 unspecified atom stereocenters. The van der Waals surface area contributed by atoms with Crippen molar-refractivity contribution in [1.82, 2.24) is 0 Å². The van der Waals surface area contributed by atoms with E-state index in [1.54, 1.807) is 6.92 Å². The topological polar surface area (TPSA) is 43.1 Å². The van der Waals surface area contributed by atoms with Gasteiger partial charge < -0.3 is 0 Å². The van der Waals surface area contributed by atoms with Gasteiger partial charge in [-0.2, -0.15) is 0 Å². The minimum atomic E-state index is -0.398. The van der Waals surface area contributed by atoms with Gasteiger partial charge in [0.2, 0.25) is 6.04 Å². The smallest absolute Gasteiger partial charge is 0.210 e. The SMILES string of the molecule is CC(CCC(C)C(C)(C)C)[N+](=O)[O-]. The average Bonchev–Trinajstić information content (AvgIpc) is 1.97. The molecule has 13 heavy (non-hydrogen) atoms. The summed E-state index contributed by atoms with van der Waals surface area (Å²) >= 11 is 0. The zero-order chi connectivity index (χ0) is 10.6. The molecule has 0 aliphatic rings. The first-order valence-electron chi connectivity index (χ1n) is 4.88. The molecule has 0 fully saturated rings. The molecule has 0 saturated heterocycles. The lowest BCUT2D eigenvalue weighted by Crippen LogP contribution is -2.21. The Morgan fingerprint density at radius 1 is 1.23 bits per heavy atom. The fraction of sp³-hybridized carbons (Fsp3) is 1.00. The summed E-state index contributed by atoms with van der Waals surface area (Å²) in [5, 5.41) is 10.4. The monoisotopic (exact) mass is 187 g/mol. The third-order valence-electron chi connectivity index (χ3n) is 2.86. The van der Waals surface area contributed by atoms with Crippen LogP contribution in [-0.2, 0) is 0 Å². The van der Waals surface area contributed by atoms with Gasteiger partial charge in [-0.15, -0.1) is 0 Å². The first-order chi connectivity index (χ1) is 5.75. The summed E-state index contributed by atoms with van der Waals surface area (Å²) in [5.74, 6) is 0.537. The lowest BCUT2D eigenvalue weighted by Gasteiger charge is -2.27. The van der Waals surface area contributed by atoms with Crippen LogP contribution in [0.2, 0.25) is 0 Å². The highest BCUT2D eigenvalue weighted by Gasteiger charge is 2.22. The van der Waals surface area contributed by atoms with E-state index in [0.717, 1.165) is 6.42 Å². The summed E-state index contributed by atoms with van der Waals surface area (Å²) in [6.07, 6.45) is 1.62. The Kier molecular flexibility index (Phi) is 4.37. The van der Waals surface area contributed by atoms with Gasteiger partial charge in [0, 0.05) is 18.3 Å². The van der Waals surface area contributed by atoms with Crippen molar-refractivity contribution < 1.29 is 4.92 Å². The molecule has 0 aromatic heterocycles. The van der Waals surface area contributed by atoms with Crippen molar-refractivity contribution in [2.75, 3.05) is 0 Å². The van der Waals surface area contributed by atoms with Gasteiger partial charge in [-0.05, 0) is 17.8 Å². The van der Waals surface area contributed by atoms with Gasteiger partial charge in [0.05, 0.1) is 0 Å². The van der Waals surface area contributed by atoms with Gasteiger partial charge in [0.1, 0.15) is 0 Å². The minimum Gasteiger partial charge on any atom is -0.264 e. The van der Waals surface area contributed by atoms with E-state index in [4.69, 9.17) is 0 Å². The summed E-state index contributed by atoms with van der Waals surface area (Å²) in [5.41, 5.74) is 0.260. The van der Waals surface area contributed by atoms with E-state index in [0.29, 0.717) is 12.3 Å². The zero-order valence-electron chi connectivity index (χ0n) is 9.33. The largest absolute Gasteiger partial charge is 0.264 e. The van der Waals surface area contributed by atoms with Crippen LogP contribution in [0.4, 0.5) is 0 Å². The third-order valence-corrected chi connectivity index (χ3v) is 2.86. The molecule has 3 heteroatoms. The maximum atomic E-state index is 10.4. The van der Waals surface area contributed by atoms with Gasteiger partial charge in [-0.25, -0.2) is 0 Å². The number of rotatable bonds is 4. The van der Waals surface area contributed by atoms with Crippen LogP contribution >= 0.6 is 0 Å². The predicted octanol–water partition coefficient (Wildman–Crippen LogP) is 3.11. The Hall–Kier alpha value is -0.600. The molecule has 0 N–H and O–H groups in total. The van der Waals surface area contributed by atoms with Crippen molar-refractivity contribution in [2.45, 2.75) is 53.5 Å². The minimum absolute atomic E-state index is 0.199. The Balaban J connectivity index is 3.83. The summed E-state index contributed by atoms with van der Waals surface area (Å²) in [6, 6.07) is -0.398. The fourth-order valence-corrected chi connectivity index (χ4v) is 1.03. The molecule has 0 aromatic carbocycles. The second-order valence-electron chi connectivity index (χ2n) is 4.98. The molecular weight excluding hydrogens is 166 g/mol. The second-order valence-corrected chi connectivity index (χ2v) is 4.98. The zero-order valence-corrected chi connectivity index (χ0v) is 9.33. The van der Waals surface area contributed by atoms with Crippen molar-refractivity contribution in [2.24, 2.45) is 11.3 Å². The Bertz CT molecular complexity index is 172. The van der Waals surface area contributed by atoms with E-state index in [9.17, 15) is 10.1 Å². The van der Waals surface area contributed by atoms with E-state index < -0.39 is 6.04 Å². The predicted molar refractivity (Wildman–Crippen MR) is 54.3 cm³/mol. The molecule has 0 rings (SSSR count).